The Morgan fingerprint density at radius 3 is 2.71 bits per heavy atom. The standard InChI is InChI=1S/C8H10N2O3.Na/c1-5-3-7(13-2)10-6(9-5)4-8(11)12;/h3H,4H2,1-2H3,(H,11,12);/q;+1/p-1. The average Bonchev–Trinajstić information content (AvgIpc) is 2.01. The van der Waals surface area contributed by atoms with Crippen molar-refractivity contribution in [1.29, 1.82) is 0 Å². The van der Waals surface area contributed by atoms with Gasteiger partial charge in [-0.1, -0.05) is 0 Å². The molecular weight excluding hydrogens is 195 g/mol. The Labute approximate surface area is 104 Å². The second kappa shape index (κ2) is 5.95. The van der Waals surface area contributed by atoms with Crippen molar-refractivity contribution in [2.24, 2.45) is 0 Å². The molecule has 0 saturated heterocycles. The summed E-state index contributed by atoms with van der Waals surface area (Å²) < 4.78 is 4.85. The molecule has 70 valence electrons. The number of aryl methyl sites for hydroxylation is 1. The molecule has 1 rings (SSSR count). The van der Waals surface area contributed by atoms with Gasteiger partial charge in [0.05, 0.1) is 7.11 Å². The first-order valence-corrected chi connectivity index (χ1v) is 3.70. The molecular formula is C8H9N2NaO3. The van der Waals surface area contributed by atoms with Gasteiger partial charge in [-0.3, -0.25) is 0 Å². The van der Waals surface area contributed by atoms with Crippen LogP contribution in [0.1, 0.15) is 11.5 Å². The summed E-state index contributed by atoms with van der Waals surface area (Å²) in [5, 5.41) is 10.2. The summed E-state index contributed by atoms with van der Waals surface area (Å²) in [5.41, 5.74) is 0.670. The minimum absolute atomic E-state index is 0. The van der Waals surface area contributed by atoms with E-state index in [0.717, 1.165) is 0 Å². The van der Waals surface area contributed by atoms with Gasteiger partial charge in [-0.25, -0.2) is 4.98 Å². The smallest absolute Gasteiger partial charge is 0.550 e. The fourth-order valence-electron chi connectivity index (χ4n) is 0.912. The van der Waals surface area contributed by atoms with E-state index in [-0.39, 0.29) is 41.8 Å². The summed E-state index contributed by atoms with van der Waals surface area (Å²) in [6.07, 6.45) is -0.294. The van der Waals surface area contributed by atoms with Crippen LogP contribution >= 0.6 is 0 Å². The second-order valence-electron chi connectivity index (χ2n) is 2.52. The number of aliphatic carboxylic acids is 1. The third-order valence-corrected chi connectivity index (χ3v) is 1.39. The number of carboxylic acid groups (broad SMARTS) is 1. The molecule has 0 atom stereocenters. The van der Waals surface area contributed by atoms with Crippen LogP contribution in [-0.2, 0) is 11.2 Å². The molecule has 1 heterocycles. The minimum Gasteiger partial charge on any atom is -0.550 e. The Balaban J connectivity index is 0.00000169. The molecule has 0 aliphatic rings. The van der Waals surface area contributed by atoms with Crippen LogP contribution in [0.3, 0.4) is 0 Å². The van der Waals surface area contributed by atoms with E-state index in [9.17, 15) is 9.90 Å². The van der Waals surface area contributed by atoms with E-state index in [0.29, 0.717) is 11.6 Å². The van der Waals surface area contributed by atoms with Crippen molar-refractivity contribution in [3.63, 3.8) is 0 Å². The topological polar surface area (TPSA) is 75.1 Å². The van der Waals surface area contributed by atoms with Gasteiger partial charge in [0.2, 0.25) is 5.88 Å². The van der Waals surface area contributed by atoms with Crippen LogP contribution in [-0.4, -0.2) is 23.0 Å². The molecule has 0 aliphatic heterocycles. The molecule has 14 heavy (non-hydrogen) atoms. The van der Waals surface area contributed by atoms with Crippen LogP contribution < -0.4 is 39.4 Å². The summed E-state index contributed by atoms with van der Waals surface area (Å²) in [6.45, 7) is 1.74. The fraction of sp³-hybridized carbons (Fsp3) is 0.375. The first-order valence-electron chi connectivity index (χ1n) is 3.70. The van der Waals surface area contributed by atoms with Gasteiger partial charge in [-0.2, -0.15) is 4.98 Å². The summed E-state index contributed by atoms with van der Waals surface area (Å²) >= 11 is 0. The molecule has 1 aromatic heterocycles. The summed E-state index contributed by atoms with van der Waals surface area (Å²) in [5.74, 6) is -0.631. The number of hydrogen-bond acceptors (Lipinski definition) is 5. The zero-order chi connectivity index (χ0) is 9.84. The van der Waals surface area contributed by atoms with Crippen molar-refractivity contribution in [3.05, 3.63) is 17.6 Å². The van der Waals surface area contributed by atoms with Crippen LogP contribution in [0.25, 0.3) is 0 Å². The third-order valence-electron chi connectivity index (χ3n) is 1.39. The first-order chi connectivity index (χ1) is 6.11. The quantitative estimate of drug-likeness (QED) is 0.470. The number of aromatic nitrogens is 2. The zero-order valence-corrected chi connectivity index (χ0v) is 10.4. The fourth-order valence-corrected chi connectivity index (χ4v) is 0.912. The van der Waals surface area contributed by atoms with Gasteiger partial charge in [0.1, 0.15) is 5.82 Å². The van der Waals surface area contributed by atoms with Gasteiger partial charge in [-0.05, 0) is 6.92 Å². The number of nitrogens with zero attached hydrogens (tertiary/aromatic N) is 2. The molecule has 6 heteroatoms. The Hall–Kier alpha value is -0.650. The second-order valence-corrected chi connectivity index (χ2v) is 2.52. The first kappa shape index (κ1) is 13.4. The monoisotopic (exact) mass is 204 g/mol. The molecule has 0 bridgehead atoms. The summed E-state index contributed by atoms with van der Waals surface area (Å²) in [7, 11) is 1.46. The maximum absolute atomic E-state index is 10.2. The van der Waals surface area contributed by atoms with Crippen molar-refractivity contribution in [3.8, 4) is 5.88 Å². The average molecular weight is 204 g/mol. The van der Waals surface area contributed by atoms with Gasteiger partial charge >= 0.3 is 29.6 Å². The van der Waals surface area contributed by atoms with E-state index in [2.05, 4.69) is 9.97 Å². The van der Waals surface area contributed by atoms with Crippen molar-refractivity contribution >= 4 is 5.97 Å². The molecule has 1 aromatic rings. The molecule has 0 radical (unpaired) electrons. The van der Waals surface area contributed by atoms with Crippen LogP contribution in [0, 0.1) is 6.92 Å². The van der Waals surface area contributed by atoms with E-state index >= 15 is 0 Å². The molecule has 0 fully saturated rings. The number of carboxylic acids is 1. The van der Waals surface area contributed by atoms with Crippen LogP contribution in [0.4, 0.5) is 0 Å². The number of carbonyl (C=O) groups is 1. The molecule has 5 nitrogen and oxygen atoms in total. The summed E-state index contributed by atoms with van der Waals surface area (Å²) in [6, 6.07) is 1.62. The van der Waals surface area contributed by atoms with Crippen LogP contribution in [0.5, 0.6) is 5.88 Å². The number of hydrogen-bond donors (Lipinski definition) is 0. The summed E-state index contributed by atoms with van der Waals surface area (Å²) in [4.78, 5) is 18.0. The van der Waals surface area contributed by atoms with Gasteiger partial charge in [0.15, 0.2) is 0 Å². The van der Waals surface area contributed by atoms with E-state index in [1.54, 1.807) is 13.0 Å². The SMILES string of the molecule is COc1cc(C)nc(CC(=O)[O-])n1.[Na+]. The molecule has 0 unspecified atom stereocenters. The Morgan fingerprint density at radius 2 is 2.21 bits per heavy atom. The molecule has 0 saturated carbocycles. The molecule has 0 aliphatic carbocycles. The van der Waals surface area contributed by atoms with Crippen LogP contribution in [0.15, 0.2) is 6.07 Å². The normalized spacial score (nSPS) is 9.00. The maximum Gasteiger partial charge on any atom is 1.00 e. The van der Waals surface area contributed by atoms with Crippen molar-refractivity contribution in [2.75, 3.05) is 7.11 Å². The van der Waals surface area contributed by atoms with E-state index in [1.165, 1.54) is 7.11 Å². The molecule has 0 N–H and O–H groups in total. The number of ether oxygens (including phenoxy) is 1. The predicted octanol–water partition coefficient (Wildman–Crippen LogP) is -3.91. The van der Waals surface area contributed by atoms with Crippen molar-refractivity contribution < 1.29 is 44.2 Å². The van der Waals surface area contributed by atoms with Gasteiger partial charge in [-0.15, -0.1) is 0 Å². The molecule has 0 spiro atoms. The van der Waals surface area contributed by atoms with Crippen molar-refractivity contribution in [2.45, 2.75) is 13.3 Å². The predicted molar refractivity (Wildman–Crippen MR) is 42.0 cm³/mol. The number of rotatable bonds is 3. The molecule has 0 amide bonds. The largest absolute Gasteiger partial charge is 1.00 e. The Kier molecular flexibility index (Phi) is 5.68. The van der Waals surface area contributed by atoms with E-state index in [1.807, 2.05) is 0 Å². The minimum atomic E-state index is -1.20. The maximum atomic E-state index is 10.2. The number of carbonyl (C=O) groups excluding carboxylic acids is 1. The van der Waals surface area contributed by atoms with Crippen molar-refractivity contribution in [1.82, 2.24) is 9.97 Å². The van der Waals surface area contributed by atoms with Gasteiger partial charge in [0, 0.05) is 24.2 Å². The van der Waals surface area contributed by atoms with Gasteiger partial charge in [0.25, 0.3) is 0 Å². The van der Waals surface area contributed by atoms with E-state index in [4.69, 9.17) is 4.74 Å². The van der Waals surface area contributed by atoms with Crippen LogP contribution in [0.2, 0.25) is 0 Å². The van der Waals surface area contributed by atoms with E-state index < -0.39 is 5.97 Å². The number of methoxy groups -OCH3 is 1. The molecule has 0 aromatic carbocycles. The Morgan fingerprint density at radius 1 is 1.57 bits per heavy atom. The third kappa shape index (κ3) is 4.04. The Bertz CT molecular complexity index is 330. The van der Waals surface area contributed by atoms with Gasteiger partial charge < -0.3 is 14.6 Å². The zero-order valence-electron chi connectivity index (χ0n) is 8.40.